The van der Waals surface area contributed by atoms with Gasteiger partial charge in [-0.05, 0) is 25.7 Å². The molecule has 0 aliphatic heterocycles. The summed E-state index contributed by atoms with van der Waals surface area (Å²) in [7, 11) is 1.62. The Morgan fingerprint density at radius 2 is 2.00 bits per heavy atom. The summed E-state index contributed by atoms with van der Waals surface area (Å²) in [5, 5.41) is 11.8. The van der Waals surface area contributed by atoms with E-state index in [0.717, 1.165) is 32.1 Å². The van der Waals surface area contributed by atoms with Gasteiger partial charge in [0.25, 0.3) is 0 Å². The van der Waals surface area contributed by atoms with Crippen LogP contribution in [0, 0.1) is 5.41 Å². The van der Waals surface area contributed by atoms with E-state index in [-0.39, 0.29) is 5.91 Å². The van der Waals surface area contributed by atoms with Gasteiger partial charge < -0.3 is 15.2 Å². The summed E-state index contributed by atoms with van der Waals surface area (Å²) in [5.41, 5.74) is -0.419. The maximum atomic E-state index is 12.4. The minimum atomic E-state index is -0.949. The summed E-state index contributed by atoms with van der Waals surface area (Å²) < 4.78 is 5.08. The van der Waals surface area contributed by atoms with Crippen molar-refractivity contribution in [3.05, 3.63) is 0 Å². The Labute approximate surface area is 114 Å². The third-order valence-electron chi connectivity index (χ3n) is 4.01. The molecule has 1 saturated carbocycles. The molecule has 110 valence electrons. The molecule has 0 aromatic heterocycles. The lowest BCUT2D eigenvalue weighted by atomic mass is 9.81. The standard InChI is InChI=1S/C14H25NO4/c1-3-6-11(12(16)17)15-13(18)14(9-10-19-2)7-4-5-8-14/h11H,3-10H2,1-2H3,(H,15,18)(H,16,17). The molecule has 0 heterocycles. The second-order valence-corrected chi connectivity index (χ2v) is 5.38. The first-order chi connectivity index (χ1) is 9.05. The second-order valence-electron chi connectivity index (χ2n) is 5.38. The zero-order chi connectivity index (χ0) is 14.3. The van der Waals surface area contributed by atoms with Crippen LogP contribution < -0.4 is 5.32 Å². The van der Waals surface area contributed by atoms with Crippen LogP contribution >= 0.6 is 0 Å². The molecule has 5 nitrogen and oxygen atoms in total. The van der Waals surface area contributed by atoms with Crippen LogP contribution in [0.1, 0.15) is 51.9 Å². The van der Waals surface area contributed by atoms with Crippen molar-refractivity contribution < 1.29 is 19.4 Å². The average molecular weight is 271 g/mol. The van der Waals surface area contributed by atoms with Crippen molar-refractivity contribution in [2.45, 2.75) is 57.9 Å². The molecular formula is C14H25NO4. The molecular weight excluding hydrogens is 246 g/mol. The van der Waals surface area contributed by atoms with Gasteiger partial charge in [-0.2, -0.15) is 0 Å². The highest BCUT2D eigenvalue weighted by Gasteiger charge is 2.41. The third kappa shape index (κ3) is 4.20. The number of carbonyl (C=O) groups excluding carboxylic acids is 1. The van der Waals surface area contributed by atoms with Crippen LogP contribution in [0.5, 0.6) is 0 Å². The summed E-state index contributed by atoms with van der Waals surface area (Å²) in [6, 6.07) is -0.766. The Morgan fingerprint density at radius 3 is 2.47 bits per heavy atom. The van der Waals surface area contributed by atoms with Gasteiger partial charge in [0, 0.05) is 13.7 Å². The molecule has 1 aliphatic carbocycles. The van der Waals surface area contributed by atoms with Crippen molar-refractivity contribution in [3.63, 3.8) is 0 Å². The molecule has 0 spiro atoms. The number of methoxy groups -OCH3 is 1. The van der Waals surface area contributed by atoms with Gasteiger partial charge in [-0.25, -0.2) is 4.79 Å². The molecule has 1 amide bonds. The molecule has 0 saturated heterocycles. The average Bonchev–Trinajstić information content (AvgIpc) is 2.85. The van der Waals surface area contributed by atoms with Gasteiger partial charge in [-0.15, -0.1) is 0 Å². The molecule has 1 rings (SSSR count). The van der Waals surface area contributed by atoms with E-state index in [0.29, 0.717) is 19.4 Å². The zero-order valence-corrected chi connectivity index (χ0v) is 11.9. The summed E-state index contributed by atoms with van der Waals surface area (Å²) in [6.07, 6.45) is 5.62. The van der Waals surface area contributed by atoms with E-state index in [4.69, 9.17) is 9.84 Å². The fraction of sp³-hybridized carbons (Fsp3) is 0.857. The van der Waals surface area contributed by atoms with Crippen LogP contribution in [-0.4, -0.2) is 36.7 Å². The lowest BCUT2D eigenvalue weighted by Crippen LogP contribution is -2.48. The van der Waals surface area contributed by atoms with Crippen molar-refractivity contribution in [1.29, 1.82) is 0 Å². The summed E-state index contributed by atoms with van der Waals surface area (Å²) in [4.78, 5) is 23.6. The maximum absolute atomic E-state index is 12.4. The summed E-state index contributed by atoms with van der Waals surface area (Å²) in [6.45, 7) is 2.46. The van der Waals surface area contributed by atoms with Crippen molar-refractivity contribution in [2.24, 2.45) is 5.41 Å². The van der Waals surface area contributed by atoms with Crippen LogP contribution in [-0.2, 0) is 14.3 Å². The maximum Gasteiger partial charge on any atom is 0.326 e. The minimum Gasteiger partial charge on any atom is -0.480 e. The number of amides is 1. The van der Waals surface area contributed by atoms with Crippen molar-refractivity contribution in [1.82, 2.24) is 5.32 Å². The lowest BCUT2D eigenvalue weighted by Gasteiger charge is -2.29. The van der Waals surface area contributed by atoms with Crippen LogP contribution in [0.4, 0.5) is 0 Å². The fourth-order valence-corrected chi connectivity index (χ4v) is 2.80. The Balaban J connectivity index is 2.68. The molecule has 0 radical (unpaired) electrons. The number of carbonyl (C=O) groups is 2. The first-order valence-electron chi connectivity index (χ1n) is 7.08. The van der Waals surface area contributed by atoms with Gasteiger partial charge in [-0.3, -0.25) is 4.79 Å². The number of carboxylic acid groups (broad SMARTS) is 1. The highest BCUT2D eigenvalue weighted by molar-refractivity contribution is 5.87. The van der Waals surface area contributed by atoms with Gasteiger partial charge in [0.1, 0.15) is 6.04 Å². The topological polar surface area (TPSA) is 75.6 Å². The predicted octanol–water partition coefficient (Wildman–Crippen LogP) is 1.95. The molecule has 1 unspecified atom stereocenters. The van der Waals surface area contributed by atoms with Gasteiger partial charge in [0.2, 0.25) is 5.91 Å². The summed E-state index contributed by atoms with van der Waals surface area (Å²) >= 11 is 0. The van der Waals surface area contributed by atoms with Gasteiger partial charge in [0.15, 0.2) is 0 Å². The number of nitrogens with one attached hydrogen (secondary N) is 1. The molecule has 19 heavy (non-hydrogen) atoms. The van der Waals surface area contributed by atoms with E-state index in [1.165, 1.54) is 0 Å². The Bertz CT molecular complexity index is 311. The minimum absolute atomic E-state index is 0.108. The Kier molecular flexibility index (Phi) is 6.28. The molecule has 1 fully saturated rings. The number of carboxylic acids is 1. The normalized spacial score (nSPS) is 19.1. The van der Waals surface area contributed by atoms with E-state index in [1.54, 1.807) is 7.11 Å². The van der Waals surface area contributed by atoms with Gasteiger partial charge in [0.05, 0.1) is 5.41 Å². The smallest absolute Gasteiger partial charge is 0.326 e. The number of hydrogen-bond donors (Lipinski definition) is 2. The van der Waals surface area contributed by atoms with Crippen molar-refractivity contribution in [2.75, 3.05) is 13.7 Å². The van der Waals surface area contributed by atoms with Gasteiger partial charge in [-0.1, -0.05) is 26.2 Å². The quantitative estimate of drug-likeness (QED) is 0.707. The highest BCUT2D eigenvalue weighted by Crippen LogP contribution is 2.41. The van der Waals surface area contributed by atoms with Crippen molar-refractivity contribution >= 4 is 11.9 Å². The Hall–Kier alpha value is -1.10. The van der Waals surface area contributed by atoms with Crippen LogP contribution in [0.25, 0.3) is 0 Å². The Morgan fingerprint density at radius 1 is 1.37 bits per heavy atom. The van der Waals surface area contributed by atoms with E-state index in [2.05, 4.69) is 5.32 Å². The monoisotopic (exact) mass is 271 g/mol. The van der Waals surface area contributed by atoms with E-state index in [1.807, 2.05) is 6.92 Å². The molecule has 0 bridgehead atoms. The molecule has 2 N–H and O–H groups in total. The molecule has 0 aromatic rings. The van der Waals surface area contributed by atoms with E-state index in [9.17, 15) is 9.59 Å². The van der Waals surface area contributed by atoms with Crippen LogP contribution in [0.15, 0.2) is 0 Å². The number of hydrogen-bond acceptors (Lipinski definition) is 3. The first-order valence-corrected chi connectivity index (χ1v) is 7.08. The van der Waals surface area contributed by atoms with Crippen LogP contribution in [0.2, 0.25) is 0 Å². The largest absolute Gasteiger partial charge is 0.480 e. The molecule has 1 aliphatic rings. The van der Waals surface area contributed by atoms with E-state index >= 15 is 0 Å². The van der Waals surface area contributed by atoms with Crippen LogP contribution in [0.3, 0.4) is 0 Å². The number of ether oxygens (including phenoxy) is 1. The predicted molar refractivity (Wildman–Crippen MR) is 71.9 cm³/mol. The van der Waals surface area contributed by atoms with E-state index < -0.39 is 17.4 Å². The second kappa shape index (κ2) is 7.48. The van der Waals surface area contributed by atoms with Crippen molar-refractivity contribution in [3.8, 4) is 0 Å². The molecule has 1 atom stereocenters. The first kappa shape index (κ1) is 16.0. The zero-order valence-electron chi connectivity index (χ0n) is 11.9. The number of aliphatic carboxylic acids is 1. The highest BCUT2D eigenvalue weighted by atomic mass is 16.5. The molecule has 5 heteroatoms. The lowest BCUT2D eigenvalue weighted by molar-refractivity contribution is -0.144. The molecule has 0 aromatic carbocycles. The van der Waals surface area contributed by atoms with Gasteiger partial charge >= 0.3 is 5.97 Å². The number of rotatable bonds is 8. The summed E-state index contributed by atoms with van der Waals surface area (Å²) in [5.74, 6) is -1.06. The fourth-order valence-electron chi connectivity index (χ4n) is 2.80. The SMILES string of the molecule is CCCC(NC(=O)C1(CCOC)CCCC1)C(=O)O. The third-order valence-corrected chi connectivity index (χ3v) is 4.01.